The Hall–Kier alpha value is -2.27. The molecule has 0 aliphatic carbocycles. The summed E-state index contributed by atoms with van der Waals surface area (Å²) in [6.07, 6.45) is 0. The van der Waals surface area contributed by atoms with Crippen molar-refractivity contribution >= 4 is 11.3 Å². The van der Waals surface area contributed by atoms with E-state index in [1.165, 1.54) is 22.9 Å². The van der Waals surface area contributed by atoms with E-state index in [4.69, 9.17) is 0 Å². The van der Waals surface area contributed by atoms with Gasteiger partial charge in [0.25, 0.3) is 5.56 Å². The third kappa shape index (κ3) is 2.67. The average molecular weight is 286 g/mol. The van der Waals surface area contributed by atoms with E-state index in [-0.39, 0.29) is 11.4 Å². The van der Waals surface area contributed by atoms with Crippen molar-refractivity contribution < 1.29 is 4.39 Å². The summed E-state index contributed by atoms with van der Waals surface area (Å²) >= 11 is 1.57. The lowest BCUT2D eigenvalue weighted by molar-refractivity contribution is 0.620. The molecule has 0 saturated heterocycles. The van der Waals surface area contributed by atoms with Gasteiger partial charge in [-0.25, -0.2) is 9.07 Å². The fourth-order valence-corrected chi connectivity index (χ4v) is 2.57. The van der Waals surface area contributed by atoms with Crippen molar-refractivity contribution in [1.29, 1.82) is 0 Å². The Morgan fingerprint density at radius 2 is 1.90 bits per heavy atom. The summed E-state index contributed by atoms with van der Waals surface area (Å²) in [6, 6.07) is 13.2. The predicted octanol–water partition coefficient (Wildman–Crippen LogP) is 3.16. The van der Waals surface area contributed by atoms with Crippen molar-refractivity contribution in [1.82, 2.24) is 9.78 Å². The van der Waals surface area contributed by atoms with Crippen LogP contribution in [0.3, 0.4) is 0 Å². The smallest absolute Gasteiger partial charge is 0.267 e. The van der Waals surface area contributed by atoms with Crippen LogP contribution < -0.4 is 5.56 Å². The molecule has 5 heteroatoms. The number of nitrogens with zero attached hydrogens (tertiary/aromatic N) is 2. The van der Waals surface area contributed by atoms with Crippen LogP contribution in [-0.4, -0.2) is 9.78 Å². The summed E-state index contributed by atoms with van der Waals surface area (Å²) in [5.41, 5.74) is 1.43. The number of hydrogen-bond donors (Lipinski definition) is 0. The van der Waals surface area contributed by atoms with E-state index < -0.39 is 0 Å². The lowest BCUT2D eigenvalue weighted by atomic mass is 10.2. The van der Waals surface area contributed by atoms with Gasteiger partial charge < -0.3 is 0 Å². The molecule has 0 spiro atoms. The number of thiophene rings is 1. The molecule has 0 amide bonds. The van der Waals surface area contributed by atoms with Gasteiger partial charge in [0.2, 0.25) is 0 Å². The van der Waals surface area contributed by atoms with Gasteiger partial charge in [-0.1, -0.05) is 18.2 Å². The maximum atomic E-state index is 12.9. The quantitative estimate of drug-likeness (QED) is 0.741. The Morgan fingerprint density at radius 3 is 2.60 bits per heavy atom. The summed E-state index contributed by atoms with van der Waals surface area (Å²) in [4.78, 5) is 12.9. The highest BCUT2D eigenvalue weighted by molar-refractivity contribution is 7.13. The first kappa shape index (κ1) is 12.7. The second-order valence-corrected chi connectivity index (χ2v) is 5.27. The van der Waals surface area contributed by atoms with Crippen LogP contribution in [-0.2, 0) is 6.54 Å². The van der Waals surface area contributed by atoms with E-state index in [0.29, 0.717) is 6.54 Å². The normalized spacial score (nSPS) is 10.7. The maximum absolute atomic E-state index is 12.9. The van der Waals surface area contributed by atoms with Crippen molar-refractivity contribution in [2.45, 2.75) is 6.54 Å². The highest BCUT2D eigenvalue weighted by Crippen LogP contribution is 2.21. The van der Waals surface area contributed by atoms with Crippen molar-refractivity contribution in [3.63, 3.8) is 0 Å². The topological polar surface area (TPSA) is 34.9 Å². The summed E-state index contributed by atoms with van der Waals surface area (Å²) in [5, 5.41) is 6.32. The lowest BCUT2D eigenvalue weighted by Gasteiger charge is -2.06. The molecular weight excluding hydrogens is 275 g/mol. The van der Waals surface area contributed by atoms with Crippen LogP contribution in [0.5, 0.6) is 0 Å². The summed E-state index contributed by atoms with van der Waals surface area (Å²) < 4.78 is 14.3. The van der Waals surface area contributed by atoms with Crippen molar-refractivity contribution in [2.24, 2.45) is 0 Å². The van der Waals surface area contributed by atoms with Gasteiger partial charge in [-0.05, 0) is 35.2 Å². The van der Waals surface area contributed by atoms with Gasteiger partial charge in [-0.3, -0.25) is 4.79 Å². The molecule has 2 heterocycles. The third-order valence-corrected chi connectivity index (χ3v) is 3.78. The SMILES string of the molecule is O=c1ccc(-c2cccs2)nn1Cc1ccc(F)cc1. The molecule has 3 nitrogen and oxygen atoms in total. The van der Waals surface area contributed by atoms with Crippen molar-refractivity contribution in [3.05, 3.63) is 75.6 Å². The van der Waals surface area contributed by atoms with Crippen LogP contribution >= 0.6 is 11.3 Å². The highest BCUT2D eigenvalue weighted by atomic mass is 32.1. The number of halogens is 1. The van der Waals surface area contributed by atoms with Crippen LogP contribution in [0, 0.1) is 5.82 Å². The molecule has 3 rings (SSSR count). The molecule has 0 atom stereocenters. The second-order valence-electron chi connectivity index (χ2n) is 4.32. The molecule has 3 aromatic rings. The molecule has 2 aromatic heterocycles. The molecule has 0 unspecified atom stereocenters. The zero-order valence-electron chi connectivity index (χ0n) is 10.5. The van der Waals surface area contributed by atoms with Crippen LogP contribution in [0.4, 0.5) is 4.39 Å². The standard InChI is InChI=1S/C15H11FN2OS/c16-12-5-3-11(4-6-12)10-18-15(19)8-7-13(17-18)14-2-1-9-20-14/h1-9H,10H2. The predicted molar refractivity (Wildman–Crippen MR) is 77.3 cm³/mol. The Bertz CT molecular complexity index is 763. The fourth-order valence-electron chi connectivity index (χ4n) is 1.88. The fraction of sp³-hybridized carbons (Fsp3) is 0.0667. The molecule has 0 N–H and O–H groups in total. The van der Waals surface area contributed by atoms with E-state index in [0.717, 1.165) is 16.1 Å². The minimum Gasteiger partial charge on any atom is -0.268 e. The molecule has 20 heavy (non-hydrogen) atoms. The zero-order chi connectivity index (χ0) is 13.9. The zero-order valence-corrected chi connectivity index (χ0v) is 11.3. The van der Waals surface area contributed by atoms with Gasteiger partial charge in [-0.2, -0.15) is 5.10 Å². The molecule has 0 saturated carbocycles. The highest BCUT2D eigenvalue weighted by Gasteiger charge is 2.05. The van der Waals surface area contributed by atoms with Gasteiger partial charge in [-0.15, -0.1) is 11.3 Å². The summed E-state index contributed by atoms with van der Waals surface area (Å²) in [5.74, 6) is -0.290. The van der Waals surface area contributed by atoms with E-state index >= 15 is 0 Å². The summed E-state index contributed by atoms with van der Waals surface area (Å²) in [7, 11) is 0. The molecule has 0 aliphatic rings. The molecule has 0 fully saturated rings. The number of hydrogen-bond acceptors (Lipinski definition) is 3. The monoisotopic (exact) mass is 286 g/mol. The Labute approximate surface area is 118 Å². The van der Waals surface area contributed by atoms with E-state index in [2.05, 4.69) is 5.10 Å². The molecule has 100 valence electrons. The van der Waals surface area contributed by atoms with E-state index in [9.17, 15) is 9.18 Å². The third-order valence-electron chi connectivity index (χ3n) is 2.89. The first-order valence-corrected chi connectivity index (χ1v) is 6.97. The van der Waals surface area contributed by atoms with Crippen LogP contribution in [0.15, 0.2) is 58.7 Å². The number of rotatable bonds is 3. The Balaban J connectivity index is 1.95. The van der Waals surface area contributed by atoms with Crippen LogP contribution in [0.2, 0.25) is 0 Å². The average Bonchev–Trinajstić information content (AvgIpc) is 2.98. The van der Waals surface area contributed by atoms with Gasteiger partial charge in [0.1, 0.15) is 11.5 Å². The summed E-state index contributed by atoms with van der Waals surface area (Å²) in [6.45, 7) is 0.332. The number of aromatic nitrogens is 2. The van der Waals surface area contributed by atoms with E-state index in [1.807, 2.05) is 17.5 Å². The molecule has 0 radical (unpaired) electrons. The van der Waals surface area contributed by atoms with Gasteiger partial charge in [0.15, 0.2) is 0 Å². The lowest BCUT2D eigenvalue weighted by Crippen LogP contribution is -2.22. The number of benzene rings is 1. The van der Waals surface area contributed by atoms with E-state index in [1.54, 1.807) is 29.5 Å². The van der Waals surface area contributed by atoms with Crippen LogP contribution in [0.25, 0.3) is 10.6 Å². The first-order chi connectivity index (χ1) is 9.72. The second kappa shape index (κ2) is 5.38. The Kier molecular flexibility index (Phi) is 3.43. The molecule has 0 bridgehead atoms. The minimum absolute atomic E-state index is 0.172. The molecular formula is C15H11FN2OS. The largest absolute Gasteiger partial charge is 0.268 e. The first-order valence-electron chi connectivity index (χ1n) is 6.09. The minimum atomic E-state index is -0.290. The molecule has 1 aromatic carbocycles. The van der Waals surface area contributed by atoms with Gasteiger partial charge >= 0.3 is 0 Å². The Morgan fingerprint density at radius 1 is 1.10 bits per heavy atom. The van der Waals surface area contributed by atoms with Gasteiger partial charge in [0.05, 0.1) is 11.4 Å². The van der Waals surface area contributed by atoms with Crippen LogP contribution in [0.1, 0.15) is 5.56 Å². The maximum Gasteiger partial charge on any atom is 0.267 e. The van der Waals surface area contributed by atoms with Gasteiger partial charge in [0, 0.05) is 6.07 Å². The molecule has 0 aliphatic heterocycles. The van der Waals surface area contributed by atoms with Crippen molar-refractivity contribution in [2.75, 3.05) is 0 Å². The van der Waals surface area contributed by atoms with Crippen molar-refractivity contribution in [3.8, 4) is 10.6 Å².